The maximum atomic E-state index is 5.61. The normalized spacial score (nSPS) is 17.2. The number of nitrogens with one attached hydrogen (secondary N) is 1. The Labute approximate surface area is 140 Å². The van der Waals surface area contributed by atoms with Crippen LogP contribution < -0.4 is 5.32 Å². The van der Waals surface area contributed by atoms with Gasteiger partial charge in [-0.15, -0.1) is 0 Å². The molecular formula is C15H33N3O3S. The van der Waals surface area contributed by atoms with Gasteiger partial charge in [0, 0.05) is 39.3 Å². The summed E-state index contributed by atoms with van der Waals surface area (Å²) in [4.78, 5) is 2.46. The Morgan fingerprint density at radius 1 is 0.864 bits per heavy atom. The predicted octanol–water partition coefficient (Wildman–Crippen LogP) is 0.541. The summed E-state index contributed by atoms with van der Waals surface area (Å²) >= 11 is 1.84. The van der Waals surface area contributed by atoms with Gasteiger partial charge < -0.3 is 19.5 Å². The van der Waals surface area contributed by atoms with Gasteiger partial charge in [-0.3, -0.25) is 4.90 Å². The van der Waals surface area contributed by atoms with Crippen molar-refractivity contribution in [1.82, 2.24) is 14.5 Å². The van der Waals surface area contributed by atoms with E-state index in [2.05, 4.69) is 27.7 Å². The van der Waals surface area contributed by atoms with E-state index in [-0.39, 0.29) is 0 Å². The Morgan fingerprint density at radius 2 is 1.45 bits per heavy atom. The Hall–Kier alpha value is 0.110. The van der Waals surface area contributed by atoms with Crippen LogP contribution in [-0.4, -0.2) is 101 Å². The number of ether oxygens (including phenoxy) is 3. The zero-order valence-corrected chi connectivity index (χ0v) is 15.0. The maximum absolute atomic E-state index is 5.61. The number of rotatable bonds is 14. The molecule has 0 aliphatic carbocycles. The fraction of sp³-hybridized carbons (Fsp3) is 1.00. The molecule has 0 bridgehead atoms. The summed E-state index contributed by atoms with van der Waals surface area (Å²) in [6, 6.07) is 0. The molecule has 1 aliphatic heterocycles. The lowest BCUT2D eigenvalue weighted by atomic mass is 10.3. The molecule has 6 nitrogen and oxygen atoms in total. The van der Waals surface area contributed by atoms with E-state index in [1.807, 2.05) is 11.9 Å². The minimum atomic E-state index is 0.645. The molecule has 0 unspecified atom stereocenters. The average molecular weight is 336 g/mol. The van der Waals surface area contributed by atoms with Crippen molar-refractivity contribution in [3.05, 3.63) is 0 Å². The number of hydrogen-bond donors (Lipinski definition) is 1. The van der Waals surface area contributed by atoms with Crippen LogP contribution in [0.3, 0.4) is 0 Å². The van der Waals surface area contributed by atoms with Gasteiger partial charge in [-0.05, 0) is 12.8 Å². The van der Waals surface area contributed by atoms with Crippen molar-refractivity contribution < 1.29 is 14.2 Å². The summed E-state index contributed by atoms with van der Waals surface area (Å²) < 4.78 is 18.9. The molecule has 0 atom stereocenters. The molecule has 0 saturated carbocycles. The molecule has 0 amide bonds. The SMILES string of the molecule is CCNCCOCCOCCOCCN1CCN(SC)CC1. The van der Waals surface area contributed by atoms with Crippen LogP contribution in [0.2, 0.25) is 0 Å². The minimum absolute atomic E-state index is 0.645. The molecule has 1 rings (SSSR count). The van der Waals surface area contributed by atoms with Crippen LogP contribution >= 0.6 is 11.9 Å². The van der Waals surface area contributed by atoms with Crippen molar-refractivity contribution in [2.24, 2.45) is 0 Å². The van der Waals surface area contributed by atoms with Gasteiger partial charge in [0.25, 0.3) is 0 Å². The maximum Gasteiger partial charge on any atom is 0.0701 e. The van der Waals surface area contributed by atoms with Crippen LogP contribution in [0.25, 0.3) is 0 Å². The highest BCUT2D eigenvalue weighted by atomic mass is 32.2. The van der Waals surface area contributed by atoms with Crippen molar-refractivity contribution in [3.63, 3.8) is 0 Å². The summed E-state index contributed by atoms with van der Waals surface area (Å²) in [6.07, 6.45) is 2.14. The van der Waals surface area contributed by atoms with E-state index in [1.54, 1.807) is 0 Å². The average Bonchev–Trinajstić information content (AvgIpc) is 2.56. The third-order valence-corrected chi connectivity index (χ3v) is 4.44. The van der Waals surface area contributed by atoms with Gasteiger partial charge in [-0.1, -0.05) is 18.9 Å². The van der Waals surface area contributed by atoms with E-state index in [4.69, 9.17) is 14.2 Å². The van der Waals surface area contributed by atoms with Crippen molar-refractivity contribution in [3.8, 4) is 0 Å². The molecular weight excluding hydrogens is 302 g/mol. The number of piperazine rings is 1. The standard InChI is InChI=1S/C15H33N3O3S/c1-3-16-4-10-19-12-14-21-15-13-20-11-9-17-5-7-18(22-2)8-6-17/h16H,3-15H2,1-2H3. The smallest absolute Gasteiger partial charge is 0.0701 e. The molecule has 0 aromatic rings. The lowest BCUT2D eigenvalue weighted by Crippen LogP contribution is -2.44. The molecule has 1 fully saturated rings. The first-order valence-electron chi connectivity index (χ1n) is 8.32. The fourth-order valence-electron chi connectivity index (χ4n) is 2.19. The molecule has 1 N–H and O–H groups in total. The molecule has 1 saturated heterocycles. The first kappa shape index (κ1) is 20.2. The van der Waals surface area contributed by atoms with Gasteiger partial charge >= 0.3 is 0 Å². The van der Waals surface area contributed by atoms with Crippen LogP contribution in [-0.2, 0) is 14.2 Å². The van der Waals surface area contributed by atoms with Crippen LogP contribution in [0.15, 0.2) is 0 Å². The monoisotopic (exact) mass is 335 g/mol. The van der Waals surface area contributed by atoms with Gasteiger partial charge in [0.2, 0.25) is 0 Å². The number of likely N-dealkylation sites (N-methyl/N-ethyl adjacent to an activating group) is 1. The number of nitrogens with zero attached hydrogens (tertiary/aromatic N) is 2. The zero-order valence-electron chi connectivity index (χ0n) is 14.2. The second kappa shape index (κ2) is 14.7. The van der Waals surface area contributed by atoms with Gasteiger partial charge in [-0.2, -0.15) is 0 Å². The van der Waals surface area contributed by atoms with Gasteiger partial charge in [0.05, 0.1) is 39.6 Å². The molecule has 132 valence electrons. The Kier molecular flexibility index (Phi) is 13.5. The van der Waals surface area contributed by atoms with Gasteiger partial charge in [0.15, 0.2) is 0 Å². The summed E-state index contributed by atoms with van der Waals surface area (Å²) in [6.45, 7) is 13.8. The van der Waals surface area contributed by atoms with E-state index in [1.165, 1.54) is 0 Å². The van der Waals surface area contributed by atoms with Crippen LogP contribution in [0.1, 0.15) is 6.92 Å². The summed E-state index contributed by atoms with van der Waals surface area (Å²) in [5, 5.41) is 3.21. The summed E-state index contributed by atoms with van der Waals surface area (Å²) in [5.74, 6) is 0. The molecule has 22 heavy (non-hydrogen) atoms. The van der Waals surface area contributed by atoms with Crippen LogP contribution in [0.4, 0.5) is 0 Å². The van der Waals surface area contributed by atoms with E-state index in [0.29, 0.717) is 26.4 Å². The fourth-order valence-corrected chi connectivity index (χ4v) is 2.72. The highest BCUT2D eigenvalue weighted by molar-refractivity contribution is 7.96. The Balaban J connectivity index is 1.75. The van der Waals surface area contributed by atoms with Crippen LogP contribution in [0, 0.1) is 0 Å². The van der Waals surface area contributed by atoms with E-state index in [9.17, 15) is 0 Å². The topological polar surface area (TPSA) is 46.2 Å². The van der Waals surface area contributed by atoms with Crippen molar-refractivity contribution >= 4 is 11.9 Å². The first-order valence-corrected chi connectivity index (χ1v) is 9.50. The molecule has 1 aliphatic rings. The summed E-state index contributed by atoms with van der Waals surface area (Å²) in [5.41, 5.74) is 0. The zero-order chi connectivity index (χ0) is 15.9. The third-order valence-electron chi connectivity index (χ3n) is 3.56. The first-order chi connectivity index (χ1) is 10.9. The third kappa shape index (κ3) is 10.8. The van der Waals surface area contributed by atoms with E-state index in [0.717, 1.165) is 59.0 Å². The van der Waals surface area contributed by atoms with E-state index >= 15 is 0 Å². The largest absolute Gasteiger partial charge is 0.378 e. The lowest BCUT2D eigenvalue weighted by molar-refractivity contribution is 0.00990. The molecule has 0 aromatic heterocycles. The quantitative estimate of drug-likeness (QED) is 0.367. The Morgan fingerprint density at radius 3 is 2.05 bits per heavy atom. The van der Waals surface area contributed by atoms with Crippen molar-refractivity contribution in [2.75, 3.05) is 91.7 Å². The molecule has 7 heteroatoms. The van der Waals surface area contributed by atoms with Gasteiger partial charge in [0.1, 0.15) is 0 Å². The highest BCUT2D eigenvalue weighted by Crippen LogP contribution is 2.09. The van der Waals surface area contributed by atoms with Crippen LogP contribution in [0.5, 0.6) is 0 Å². The van der Waals surface area contributed by atoms with E-state index < -0.39 is 0 Å². The second-order valence-corrected chi connectivity index (χ2v) is 6.03. The Bertz CT molecular complexity index is 242. The molecule has 1 heterocycles. The molecule has 0 aromatic carbocycles. The van der Waals surface area contributed by atoms with Crippen molar-refractivity contribution in [2.45, 2.75) is 6.92 Å². The lowest BCUT2D eigenvalue weighted by Gasteiger charge is -2.32. The predicted molar refractivity (Wildman–Crippen MR) is 92.5 cm³/mol. The van der Waals surface area contributed by atoms with Crippen molar-refractivity contribution in [1.29, 1.82) is 0 Å². The number of hydrogen-bond acceptors (Lipinski definition) is 7. The minimum Gasteiger partial charge on any atom is -0.378 e. The second-order valence-electron chi connectivity index (χ2n) is 5.14. The summed E-state index contributed by atoms with van der Waals surface area (Å²) in [7, 11) is 0. The van der Waals surface area contributed by atoms with Gasteiger partial charge in [-0.25, -0.2) is 4.31 Å². The molecule has 0 spiro atoms. The highest BCUT2D eigenvalue weighted by Gasteiger charge is 2.15. The molecule has 0 radical (unpaired) electrons.